The van der Waals surface area contributed by atoms with Crippen LogP contribution in [0.15, 0.2) is 22.9 Å². The Morgan fingerprint density at radius 2 is 2.21 bits per heavy atom. The van der Waals surface area contributed by atoms with Gasteiger partial charge in [-0.15, -0.1) is 11.3 Å². The Morgan fingerprint density at radius 1 is 1.41 bits per heavy atom. The molecule has 1 N–H and O–H groups in total. The number of carbonyl (C=O) groups excluding carboxylic acids is 2. The fourth-order valence-electron chi connectivity index (χ4n) is 3.26. The number of thiophene rings is 2. The van der Waals surface area contributed by atoms with Crippen molar-refractivity contribution in [3.8, 4) is 6.07 Å². The van der Waals surface area contributed by atoms with Crippen LogP contribution in [0.2, 0.25) is 0 Å². The van der Waals surface area contributed by atoms with Gasteiger partial charge in [-0.3, -0.25) is 4.79 Å². The molecule has 2 heterocycles. The molecule has 1 atom stereocenters. The number of hydrogen-bond donors (Lipinski definition) is 1. The highest BCUT2D eigenvalue weighted by atomic mass is 32.1. The maximum absolute atomic E-state index is 12.3. The molecule has 0 saturated carbocycles. The first kappa shape index (κ1) is 21.1. The van der Waals surface area contributed by atoms with E-state index in [2.05, 4.69) is 11.4 Å². The van der Waals surface area contributed by atoms with Crippen LogP contribution in [0.5, 0.6) is 0 Å². The third-order valence-electron chi connectivity index (χ3n) is 4.83. The van der Waals surface area contributed by atoms with Gasteiger partial charge in [0.25, 0.3) is 0 Å². The first-order chi connectivity index (χ1) is 14.0. The minimum atomic E-state index is -0.299. The Morgan fingerprint density at radius 3 is 2.86 bits per heavy atom. The number of rotatable bonds is 6. The standard InChI is InChI=1S/C21H23N3O3S2/c1-3-24(4-2)21(26)27-15-6-7-16-17(12-22)20(29-18(16)11-15)23-19(25)8-5-14-9-10-28-13-14/h5,8-10,13,15H,3-4,6-7,11H2,1-2H3,(H,23,25)/b8-5+. The zero-order valence-electron chi connectivity index (χ0n) is 16.4. The van der Waals surface area contributed by atoms with E-state index in [0.717, 1.165) is 16.0 Å². The molecule has 152 valence electrons. The highest BCUT2D eigenvalue weighted by molar-refractivity contribution is 7.16. The zero-order chi connectivity index (χ0) is 20.8. The van der Waals surface area contributed by atoms with Gasteiger partial charge in [-0.1, -0.05) is 0 Å². The quantitative estimate of drug-likeness (QED) is 0.677. The van der Waals surface area contributed by atoms with Gasteiger partial charge in [0.05, 0.1) is 5.56 Å². The SMILES string of the molecule is CCN(CC)C(=O)OC1CCc2c(sc(NC(=O)/C=C/c3ccsc3)c2C#N)C1. The largest absolute Gasteiger partial charge is 0.446 e. The number of nitrogens with zero attached hydrogens (tertiary/aromatic N) is 2. The van der Waals surface area contributed by atoms with Crippen molar-refractivity contribution < 1.29 is 14.3 Å². The summed E-state index contributed by atoms with van der Waals surface area (Å²) in [5.74, 6) is -0.268. The molecule has 3 rings (SSSR count). The van der Waals surface area contributed by atoms with Gasteiger partial charge in [0.15, 0.2) is 0 Å². The lowest BCUT2D eigenvalue weighted by Gasteiger charge is -2.26. The van der Waals surface area contributed by atoms with Gasteiger partial charge in [-0.25, -0.2) is 4.79 Å². The average Bonchev–Trinajstić information content (AvgIpc) is 3.34. The van der Waals surface area contributed by atoms with Crippen LogP contribution in [0.1, 0.15) is 41.8 Å². The van der Waals surface area contributed by atoms with Crippen molar-refractivity contribution in [3.05, 3.63) is 44.5 Å². The van der Waals surface area contributed by atoms with E-state index in [1.54, 1.807) is 22.3 Å². The molecule has 0 saturated heterocycles. The molecule has 0 aromatic carbocycles. The van der Waals surface area contributed by atoms with Crippen LogP contribution in [-0.2, 0) is 22.4 Å². The van der Waals surface area contributed by atoms with Gasteiger partial charge in [-0.05, 0) is 60.7 Å². The van der Waals surface area contributed by atoms with Crippen molar-refractivity contribution in [2.24, 2.45) is 0 Å². The molecule has 0 fully saturated rings. The van der Waals surface area contributed by atoms with Crippen molar-refractivity contribution in [2.75, 3.05) is 18.4 Å². The Bertz CT molecular complexity index is 937. The molecule has 0 radical (unpaired) electrons. The van der Waals surface area contributed by atoms with Gasteiger partial charge in [0.1, 0.15) is 17.2 Å². The van der Waals surface area contributed by atoms with E-state index in [4.69, 9.17) is 4.74 Å². The van der Waals surface area contributed by atoms with Crippen molar-refractivity contribution >= 4 is 45.8 Å². The second-order valence-corrected chi connectivity index (χ2v) is 8.51. The van der Waals surface area contributed by atoms with Crippen LogP contribution < -0.4 is 5.32 Å². The fourth-order valence-corrected chi connectivity index (χ4v) is 5.15. The number of hydrogen-bond acceptors (Lipinski definition) is 6. The van der Waals surface area contributed by atoms with Crippen LogP contribution >= 0.6 is 22.7 Å². The zero-order valence-corrected chi connectivity index (χ0v) is 18.1. The molecule has 1 aliphatic carbocycles. The van der Waals surface area contributed by atoms with E-state index in [1.165, 1.54) is 17.4 Å². The molecule has 0 aliphatic heterocycles. The Balaban J connectivity index is 1.69. The van der Waals surface area contributed by atoms with E-state index >= 15 is 0 Å². The van der Waals surface area contributed by atoms with E-state index in [9.17, 15) is 14.9 Å². The second-order valence-electron chi connectivity index (χ2n) is 6.62. The summed E-state index contributed by atoms with van der Waals surface area (Å²) < 4.78 is 5.65. The highest BCUT2D eigenvalue weighted by Gasteiger charge is 2.29. The molecule has 1 aliphatic rings. The highest BCUT2D eigenvalue weighted by Crippen LogP contribution is 2.38. The maximum atomic E-state index is 12.3. The number of nitrogens with one attached hydrogen (secondary N) is 1. The summed E-state index contributed by atoms with van der Waals surface area (Å²) in [5.41, 5.74) is 2.45. The molecule has 1 unspecified atom stereocenters. The average molecular weight is 430 g/mol. The fraction of sp³-hybridized carbons (Fsp3) is 0.381. The summed E-state index contributed by atoms with van der Waals surface area (Å²) in [6.45, 7) is 5.06. The van der Waals surface area contributed by atoms with Crippen LogP contribution in [-0.4, -0.2) is 36.1 Å². The number of ether oxygens (including phenoxy) is 1. The normalized spacial score (nSPS) is 15.6. The van der Waals surface area contributed by atoms with Gasteiger partial charge in [0, 0.05) is 30.5 Å². The molecular weight excluding hydrogens is 406 g/mol. The predicted molar refractivity (Wildman–Crippen MR) is 116 cm³/mol. The maximum Gasteiger partial charge on any atom is 0.410 e. The topological polar surface area (TPSA) is 82.4 Å². The van der Waals surface area contributed by atoms with Gasteiger partial charge >= 0.3 is 6.09 Å². The number of anilines is 1. The molecule has 29 heavy (non-hydrogen) atoms. The molecular formula is C21H23N3O3S2. The first-order valence-corrected chi connectivity index (χ1v) is 11.3. The lowest BCUT2D eigenvalue weighted by atomic mass is 9.94. The van der Waals surface area contributed by atoms with Crippen molar-refractivity contribution in [3.63, 3.8) is 0 Å². The summed E-state index contributed by atoms with van der Waals surface area (Å²) in [6.07, 6.45) is 4.62. The first-order valence-electron chi connectivity index (χ1n) is 9.57. The van der Waals surface area contributed by atoms with E-state index in [-0.39, 0.29) is 18.1 Å². The predicted octanol–water partition coefficient (Wildman–Crippen LogP) is 4.67. The van der Waals surface area contributed by atoms with Gasteiger partial charge < -0.3 is 15.0 Å². The summed E-state index contributed by atoms with van der Waals surface area (Å²) in [7, 11) is 0. The minimum absolute atomic E-state index is 0.206. The molecule has 8 heteroatoms. The second kappa shape index (κ2) is 9.72. The van der Waals surface area contributed by atoms with Crippen LogP contribution in [0.3, 0.4) is 0 Å². The van der Waals surface area contributed by atoms with E-state index in [1.807, 2.05) is 30.7 Å². The molecule has 0 bridgehead atoms. The molecule has 2 amide bonds. The van der Waals surface area contributed by atoms with Crippen LogP contribution in [0.4, 0.5) is 9.80 Å². The Hall–Kier alpha value is -2.63. The van der Waals surface area contributed by atoms with Crippen LogP contribution in [0, 0.1) is 11.3 Å². The summed E-state index contributed by atoms with van der Waals surface area (Å²) in [4.78, 5) is 27.1. The lowest BCUT2D eigenvalue weighted by molar-refractivity contribution is -0.111. The Kier molecular flexibility index (Phi) is 7.07. The summed E-state index contributed by atoms with van der Waals surface area (Å²) in [6, 6.07) is 4.16. The Labute approximate surface area is 178 Å². The van der Waals surface area contributed by atoms with Crippen molar-refractivity contribution in [1.29, 1.82) is 5.26 Å². The van der Waals surface area contributed by atoms with E-state index < -0.39 is 0 Å². The third kappa shape index (κ3) is 5.05. The summed E-state index contributed by atoms with van der Waals surface area (Å²) in [5, 5.41) is 16.9. The number of amides is 2. The molecule has 2 aromatic heterocycles. The number of carbonyl (C=O) groups is 2. The minimum Gasteiger partial charge on any atom is -0.446 e. The summed E-state index contributed by atoms with van der Waals surface area (Å²) >= 11 is 2.96. The van der Waals surface area contributed by atoms with Gasteiger partial charge in [0.2, 0.25) is 5.91 Å². The monoisotopic (exact) mass is 429 g/mol. The van der Waals surface area contributed by atoms with E-state index in [0.29, 0.717) is 42.9 Å². The van der Waals surface area contributed by atoms with Crippen molar-refractivity contribution in [1.82, 2.24) is 4.90 Å². The molecule has 6 nitrogen and oxygen atoms in total. The third-order valence-corrected chi connectivity index (χ3v) is 6.70. The molecule has 0 spiro atoms. The smallest absolute Gasteiger partial charge is 0.410 e. The van der Waals surface area contributed by atoms with Crippen LogP contribution in [0.25, 0.3) is 6.08 Å². The van der Waals surface area contributed by atoms with Crippen molar-refractivity contribution in [2.45, 2.75) is 39.2 Å². The number of nitriles is 1. The lowest BCUT2D eigenvalue weighted by Crippen LogP contribution is -2.35. The number of fused-ring (bicyclic) bond motifs is 1. The van der Waals surface area contributed by atoms with Gasteiger partial charge in [-0.2, -0.15) is 16.6 Å². The molecule has 2 aromatic rings.